The molecule has 0 N–H and O–H groups in total. The maximum absolute atomic E-state index is 7.49. The third-order valence-electron chi connectivity index (χ3n) is 0.867. The van der Waals surface area contributed by atoms with Crippen LogP contribution in [-0.4, -0.2) is 12.1 Å². The Labute approximate surface area is 84.1 Å². The van der Waals surface area contributed by atoms with E-state index in [9.17, 15) is 0 Å². The summed E-state index contributed by atoms with van der Waals surface area (Å²) in [5, 5.41) is 0. The van der Waals surface area contributed by atoms with Gasteiger partial charge in [0.2, 0.25) is 0 Å². The van der Waals surface area contributed by atoms with Crippen LogP contribution in [0.3, 0.4) is 0 Å². The Balaban J connectivity index is 3.40. The number of hydrogen-bond donors (Lipinski definition) is 0. The maximum atomic E-state index is 7.49. The van der Waals surface area contributed by atoms with Gasteiger partial charge < -0.3 is 4.74 Å². The maximum Gasteiger partial charge on any atom is 0.151 e. The summed E-state index contributed by atoms with van der Waals surface area (Å²) in [5.74, 6) is 0.306. The van der Waals surface area contributed by atoms with Crippen molar-refractivity contribution in [2.45, 2.75) is 0 Å². The molecule has 1 aromatic rings. The van der Waals surface area contributed by atoms with Crippen LogP contribution < -0.4 is 4.74 Å². The van der Waals surface area contributed by atoms with Crippen molar-refractivity contribution in [2.24, 2.45) is 0 Å². The molecule has 0 radical (unpaired) electrons. The molecule has 0 aliphatic rings. The number of hydrogen-bond acceptors (Lipinski definition) is 2. The van der Waals surface area contributed by atoms with Crippen molar-refractivity contribution in [1.29, 1.82) is 0 Å². The van der Waals surface area contributed by atoms with Crippen molar-refractivity contribution in [3.05, 3.63) is 20.4 Å². The van der Waals surface area contributed by atoms with Crippen LogP contribution in [-0.2, 0) is 0 Å². The predicted octanol–water partition coefficient (Wildman–Crippen LogP) is 2.46. The molecule has 0 saturated carbocycles. The highest BCUT2D eigenvalue weighted by Crippen LogP contribution is 2.22. The number of halogens is 2. The molecule has 54 valence electrons. The Hall–Kier alpha value is 0.160. The Morgan fingerprint density at radius 1 is 1.80 bits per heavy atom. The zero-order chi connectivity index (χ0) is 9.30. The number of rotatable bonds is 1. The summed E-state index contributed by atoms with van der Waals surface area (Å²) in [6.45, 7) is 0. The van der Waals surface area contributed by atoms with E-state index in [4.69, 9.17) is 7.48 Å². The predicted molar refractivity (Wildman–Crippen MR) is 51.2 cm³/mol. The minimum Gasteiger partial charge on any atom is -0.494 e. The zero-order valence-electron chi connectivity index (χ0n) is 7.11. The summed E-state index contributed by atoms with van der Waals surface area (Å²) < 4.78 is 20.8. The van der Waals surface area contributed by atoms with Crippen molar-refractivity contribution in [2.75, 3.05) is 7.11 Å². The second-order valence-corrected chi connectivity index (χ2v) is 3.25. The minimum atomic E-state index is 0.0591. The van der Waals surface area contributed by atoms with E-state index in [-0.39, 0.29) is 12.1 Å². The molecule has 1 rings (SSSR count). The van der Waals surface area contributed by atoms with Gasteiger partial charge in [-0.05, 0) is 50.6 Å². The van der Waals surface area contributed by atoms with E-state index in [1.165, 1.54) is 7.11 Å². The fourth-order valence-electron chi connectivity index (χ4n) is 0.460. The summed E-state index contributed by atoms with van der Waals surface area (Å²) in [5.41, 5.74) is 0. The van der Waals surface area contributed by atoms with Crippen molar-refractivity contribution in [3.63, 3.8) is 0 Å². The van der Waals surface area contributed by atoms with Crippen LogP contribution >= 0.6 is 38.5 Å². The molecule has 0 amide bonds. The molecule has 4 heteroatoms. The lowest BCUT2D eigenvalue weighted by Crippen LogP contribution is -1.87. The fourth-order valence-corrected chi connectivity index (χ4v) is 1.61. The van der Waals surface area contributed by atoms with E-state index in [1.807, 2.05) is 22.6 Å². The summed E-state index contributed by atoms with van der Waals surface area (Å²) in [6, 6.07) is 0.152. The van der Waals surface area contributed by atoms with E-state index >= 15 is 0 Å². The summed E-state index contributed by atoms with van der Waals surface area (Å²) in [4.78, 5) is 3.98. The van der Waals surface area contributed by atoms with Gasteiger partial charge in [-0.3, -0.25) is 0 Å². The largest absolute Gasteiger partial charge is 0.494 e. The quantitative estimate of drug-likeness (QED) is 0.587. The highest BCUT2D eigenvalue weighted by Gasteiger charge is 1.99. The Morgan fingerprint density at radius 3 is 3.10 bits per heavy atom. The molecule has 1 heterocycles. The average Bonchev–Trinajstić information content (AvgIpc) is 2.01. The van der Waals surface area contributed by atoms with Gasteiger partial charge >= 0.3 is 0 Å². The monoisotopic (exact) mass is 315 g/mol. The van der Waals surface area contributed by atoms with Crippen LogP contribution in [0.2, 0.25) is 0 Å². The lowest BCUT2D eigenvalue weighted by atomic mass is 10.5. The van der Waals surface area contributed by atoms with E-state index in [0.29, 0.717) is 14.1 Å². The number of ether oxygens (including phenoxy) is 1. The van der Waals surface area contributed by atoms with Crippen LogP contribution in [0.25, 0.3) is 0 Å². The van der Waals surface area contributed by atoms with Crippen molar-refractivity contribution in [1.82, 2.24) is 4.98 Å². The topological polar surface area (TPSA) is 22.1 Å². The molecular formula is C6H5BrINO. The average molecular weight is 316 g/mol. The van der Waals surface area contributed by atoms with Crippen LogP contribution in [0.15, 0.2) is 16.7 Å². The number of methoxy groups -OCH3 is 1. The molecule has 2 nitrogen and oxygen atoms in total. The van der Waals surface area contributed by atoms with Gasteiger partial charge in [-0.25, -0.2) is 4.98 Å². The molecule has 0 saturated heterocycles. The Kier molecular flexibility index (Phi) is 2.03. The molecule has 0 fully saturated rings. The molecule has 0 aliphatic carbocycles. The zero-order valence-corrected chi connectivity index (χ0v) is 8.85. The second-order valence-electron chi connectivity index (χ2n) is 1.48. The Morgan fingerprint density at radius 2 is 2.50 bits per heavy atom. The fraction of sp³-hybridized carbons (Fsp3) is 0.167. The molecule has 0 bridgehead atoms. The number of nitrogens with zero attached hydrogens (tertiary/aromatic N) is 1. The molecule has 0 aliphatic heterocycles. The van der Waals surface area contributed by atoms with Gasteiger partial charge in [-0.1, -0.05) is 0 Å². The molecule has 0 unspecified atom stereocenters. The van der Waals surface area contributed by atoms with Gasteiger partial charge in [-0.15, -0.1) is 0 Å². The lowest BCUT2D eigenvalue weighted by Gasteiger charge is -2.00. The first kappa shape index (κ1) is 5.77. The minimum absolute atomic E-state index is 0.0591. The normalized spacial score (nSPS) is 12.3. The van der Waals surface area contributed by atoms with Gasteiger partial charge in [0.05, 0.1) is 9.85 Å². The van der Waals surface area contributed by atoms with Crippen LogP contribution in [0.1, 0.15) is 2.74 Å². The van der Waals surface area contributed by atoms with Crippen molar-refractivity contribution in [3.8, 4) is 5.75 Å². The highest BCUT2D eigenvalue weighted by molar-refractivity contribution is 14.1. The van der Waals surface area contributed by atoms with E-state index in [1.54, 1.807) is 0 Å². The first-order chi connectivity index (χ1) is 5.57. The molecule has 1 aromatic heterocycles. The summed E-state index contributed by atoms with van der Waals surface area (Å²) in [7, 11) is 1.45. The third kappa shape index (κ3) is 1.82. The van der Waals surface area contributed by atoms with Gasteiger partial charge in [0.15, 0.2) is 5.75 Å². The Bertz CT molecular complexity index is 321. The molecule has 0 spiro atoms. The van der Waals surface area contributed by atoms with Crippen LogP contribution in [0.5, 0.6) is 5.75 Å². The standard InChI is InChI=1S/C6H5BrINO/c1-10-4-2-3-5(8)9-6(4)7/h2-3H,1H3/i2D,3D. The van der Waals surface area contributed by atoms with Crippen LogP contribution in [0.4, 0.5) is 0 Å². The van der Waals surface area contributed by atoms with E-state index in [0.717, 1.165) is 0 Å². The summed E-state index contributed by atoms with van der Waals surface area (Å²) in [6.07, 6.45) is 0. The molecule has 0 aromatic carbocycles. The van der Waals surface area contributed by atoms with Gasteiger partial charge in [0.1, 0.15) is 8.30 Å². The molecule has 0 atom stereocenters. The van der Waals surface area contributed by atoms with E-state index < -0.39 is 0 Å². The van der Waals surface area contributed by atoms with Crippen molar-refractivity contribution >= 4 is 38.5 Å². The highest BCUT2D eigenvalue weighted by atomic mass is 127. The van der Waals surface area contributed by atoms with E-state index in [2.05, 4.69) is 20.9 Å². The molecular weight excluding hydrogens is 309 g/mol. The van der Waals surface area contributed by atoms with Gasteiger partial charge in [0, 0.05) is 0 Å². The second kappa shape index (κ2) is 3.52. The summed E-state index contributed by atoms with van der Waals surface area (Å²) >= 11 is 5.05. The first-order valence-corrected chi connectivity index (χ1v) is 4.31. The molecule has 10 heavy (non-hydrogen) atoms. The smallest absolute Gasteiger partial charge is 0.151 e. The SMILES string of the molecule is [2H]c1c(I)nc(Br)c(OC)c1[2H]. The number of aromatic nitrogens is 1. The lowest BCUT2D eigenvalue weighted by molar-refractivity contribution is 0.409. The van der Waals surface area contributed by atoms with Gasteiger partial charge in [0.25, 0.3) is 0 Å². The van der Waals surface area contributed by atoms with Crippen LogP contribution in [0, 0.1) is 3.70 Å². The third-order valence-corrected chi connectivity index (χ3v) is 1.92. The number of pyridine rings is 1. The first-order valence-electron chi connectivity index (χ1n) is 3.44. The van der Waals surface area contributed by atoms with Crippen molar-refractivity contribution < 1.29 is 7.48 Å². The van der Waals surface area contributed by atoms with Gasteiger partial charge in [-0.2, -0.15) is 0 Å².